The number of anilines is 1. The zero-order chi connectivity index (χ0) is 21.1. The van der Waals surface area contributed by atoms with E-state index in [1.54, 1.807) is 17.0 Å². The van der Waals surface area contributed by atoms with Crippen molar-refractivity contribution >= 4 is 16.9 Å². The van der Waals surface area contributed by atoms with E-state index in [0.29, 0.717) is 22.9 Å². The number of aromatic nitrogens is 3. The molecule has 2 heterocycles. The zero-order valence-electron chi connectivity index (χ0n) is 18.4. The Morgan fingerprint density at radius 1 is 1.21 bits per heavy atom. The molecule has 0 bridgehead atoms. The molecule has 0 spiro atoms. The molecule has 0 aromatic carbocycles. The van der Waals surface area contributed by atoms with Gasteiger partial charge in [0, 0.05) is 24.5 Å². The first-order valence-corrected chi connectivity index (χ1v) is 10.7. The molecule has 1 fully saturated rings. The van der Waals surface area contributed by atoms with E-state index < -0.39 is 0 Å². The van der Waals surface area contributed by atoms with Crippen LogP contribution in [-0.4, -0.2) is 31.8 Å². The van der Waals surface area contributed by atoms with Gasteiger partial charge in [-0.3, -0.25) is 4.79 Å². The van der Waals surface area contributed by atoms with Crippen LogP contribution in [0.2, 0.25) is 0 Å². The molecule has 1 saturated carbocycles. The van der Waals surface area contributed by atoms with Crippen LogP contribution in [0, 0.1) is 0 Å². The number of pyridine rings is 1. The number of rotatable bonds is 4. The second-order valence-corrected chi connectivity index (χ2v) is 7.36. The van der Waals surface area contributed by atoms with Crippen LogP contribution in [-0.2, 0) is 0 Å². The van der Waals surface area contributed by atoms with Crippen molar-refractivity contribution in [3.63, 3.8) is 0 Å². The maximum absolute atomic E-state index is 12.2. The summed E-state index contributed by atoms with van der Waals surface area (Å²) < 4.78 is 1.69. The third kappa shape index (κ3) is 7.23. The summed E-state index contributed by atoms with van der Waals surface area (Å²) in [6, 6.07) is 2.31. The Kier molecular flexibility index (Phi) is 10.8. The molecule has 2 aromatic heterocycles. The molecule has 3 rings (SSSR count). The van der Waals surface area contributed by atoms with E-state index in [-0.39, 0.29) is 17.7 Å². The van der Waals surface area contributed by atoms with Crippen LogP contribution in [0.15, 0.2) is 23.3 Å². The Labute approximate surface area is 169 Å². The molecule has 0 saturated heterocycles. The summed E-state index contributed by atoms with van der Waals surface area (Å²) in [7, 11) is 0. The van der Waals surface area contributed by atoms with Crippen LogP contribution in [0.1, 0.15) is 86.1 Å². The molecule has 158 valence electrons. The fraction of sp³-hybridized carbons (Fsp3) is 0.682. The van der Waals surface area contributed by atoms with Crippen molar-refractivity contribution in [3.8, 4) is 0 Å². The van der Waals surface area contributed by atoms with Gasteiger partial charge in [0.15, 0.2) is 0 Å². The van der Waals surface area contributed by atoms with Gasteiger partial charge >= 0.3 is 0 Å². The quantitative estimate of drug-likeness (QED) is 0.774. The lowest BCUT2D eigenvalue weighted by Crippen LogP contribution is -2.22. The summed E-state index contributed by atoms with van der Waals surface area (Å²) in [6.45, 7) is 12.1. The van der Waals surface area contributed by atoms with Crippen LogP contribution >= 0.6 is 0 Å². The first-order chi connectivity index (χ1) is 13.4. The molecule has 2 aromatic rings. The SMILES string of the molecule is CC.CCC(C)Nc1ncc2c(=O)n(C(C)C)ccc2n1.OC1CCCCC1. The third-order valence-electron chi connectivity index (χ3n) is 4.80. The van der Waals surface area contributed by atoms with Gasteiger partial charge in [-0.2, -0.15) is 0 Å². The number of nitrogens with zero attached hydrogens (tertiary/aromatic N) is 3. The molecule has 1 atom stereocenters. The predicted octanol–water partition coefficient (Wildman–Crippen LogP) is 4.92. The topological polar surface area (TPSA) is 80.0 Å². The van der Waals surface area contributed by atoms with E-state index in [4.69, 9.17) is 5.11 Å². The van der Waals surface area contributed by atoms with Crippen LogP contribution in [0.3, 0.4) is 0 Å². The Morgan fingerprint density at radius 2 is 1.86 bits per heavy atom. The van der Waals surface area contributed by atoms with Crippen LogP contribution in [0.25, 0.3) is 10.9 Å². The number of aliphatic hydroxyl groups is 1. The molecule has 0 amide bonds. The van der Waals surface area contributed by atoms with E-state index in [9.17, 15) is 4.79 Å². The minimum atomic E-state index is -0.0393. The molecular formula is C22H38N4O2. The summed E-state index contributed by atoms with van der Waals surface area (Å²) in [5, 5.41) is 12.7. The third-order valence-corrected chi connectivity index (χ3v) is 4.80. The molecule has 1 unspecified atom stereocenters. The number of hydrogen-bond donors (Lipinski definition) is 2. The number of aliphatic hydroxyl groups excluding tert-OH is 1. The maximum Gasteiger partial charge on any atom is 0.261 e. The minimum Gasteiger partial charge on any atom is -0.393 e. The fourth-order valence-electron chi connectivity index (χ4n) is 2.92. The standard InChI is InChI=1S/C14H20N4O.C6H12O.C2H6/c1-5-10(4)16-14-15-8-11-12(17-14)6-7-18(9(2)3)13(11)19;7-6-4-2-1-3-5-6;1-2/h6-10H,5H2,1-4H3,(H,15,16,17);6-7H,1-5H2;1-2H3. The summed E-state index contributed by atoms with van der Waals surface area (Å²) in [5.41, 5.74) is 0.644. The Balaban J connectivity index is 0.000000363. The lowest BCUT2D eigenvalue weighted by atomic mass is 9.98. The van der Waals surface area contributed by atoms with Crippen LogP contribution < -0.4 is 10.9 Å². The van der Waals surface area contributed by atoms with Gasteiger partial charge in [0.05, 0.1) is 17.0 Å². The summed E-state index contributed by atoms with van der Waals surface area (Å²) in [5.74, 6) is 0.573. The zero-order valence-corrected chi connectivity index (χ0v) is 18.4. The maximum atomic E-state index is 12.2. The van der Waals surface area contributed by atoms with E-state index in [2.05, 4.69) is 29.1 Å². The van der Waals surface area contributed by atoms with Gasteiger partial charge in [-0.1, -0.05) is 40.0 Å². The molecule has 6 nitrogen and oxygen atoms in total. The average Bonchev–Trinajstić information content (AvgIpc) is 2.70. The minimum absolute atomic E-state index is 0.0359. The van der Waals surface area contributed by atoms with Crippen molar-refractivity contribution in [2.75, 3.05) is 5.32 Å². The van der Waals surface area contributed by atoms with Crippen LogP contribution in [0.4, 0.5) is 5.95 Å². The van der Waals surface area contributed by atoms with E-state index in [1.165, 1.54) is 19.3 Å². The molecular weight excluding hydrogens is 352 g/mol. The van der Waals surface area contributed by atoms with Gasteiger partial charge in [0.25, 0.3) is 5.56 Å². The van der Waals surface area contributed by atoms with E-state index in [0.717, 1.165) is 19.3 Å². The summed E-state index contributed by atoms with van der Waals surface area (Å²) >= 11 is 0. The summed E-state index contributed by atoms with van der Waals surface area (Å²) in [4.78, 5) is 20.8. The molecule has 0 radical (unpaired) electrons. The van der Waals surface area contributed by atoms with Crippen molar-refractivity contribution in [3.05, 3.63) is 28.8 Å². The molecule has 28 heavy (non-hydrogen) atoms. The van der Waals surface area contributed by atoms with E-state index in [1.807, 2.05) is 33.8 Å². The van der Waals surface area contributed by atoms with Gasteiger partial charge in [0.1, 0.15) is 0 Å². The molecule has 1 aliphatic rings. The molecule has 1 aliphatic carbocycles. The van der Waals surface area contributed by atoms with E-state index >= 15 is 0 Å². The lowest BCUT2D eigenvalue weighted by Gasteiger charge is -2.14. The smallest absolute Gasteiger partial charge is 0.261 e. The van der Waals surface area contributed by atoms with Gasteiger partial charge in [-0.05, 0) is 46.1 Å². The highest BCUT2D eigenvalue weighted by atomic mass is 16.3. The number of nitrogens with one attached hydrogen (secondary N) is 1. The highest BCUT2D eigenvalue weighted by Crippen LogP contribution is 2.16. The molecule has 0 aliphatic heterocycles. The monoisotopic (exact) mass is 390 g/mol. The summed E-state index contributed by atoms with van der Waals surface area (Å²) in [6.07, 6.45) is 10.3. The average molecular weight is 391 g/mol. The highest BCUT2D eigenvalue weighted by molar-refractivity contribution is 5.77. The van der Waals surface area contributed by atoms with Gasteiger partial charge in [-0.25, -0.2) is 9.97 Å². The fourth-order valence-corrected chi connectivity index (χ4v) is 2.92. The first kappa shape index (κ1) is 24.1. The van der Waals surface area contributed by atoms with Gasteiger partial charge in [-0.15, -0.1) is 0 Å². The number of hydrogen-bond acceptors (Lipinski definition) is 5. The lowest BCUT2D eigenvalue weighted by molar-refractivity contribution is 0.130. The van der Waals surface area contributed by atoms with Crippen molar-refractivity contribution in [2.45, 2.75) is 98.3 Å². The largest absolute Gasteiger partial charge is 0.393 e. The second-order valence-electron chi connectivity index (χ2n) is 7.36. The predicted molar refractivity (Wildman–Crippen MR) is 118 cm³/mol. The first-order valence-electron chi connectivity index (χ1n) is 10.7. The molecule has 6 heteroatoms. The Hall–Kier alpha value is -1.95. The van der Waals surface area contributed by atoms with Gasteiger partial charge in [0.2, 0.25) is 5.95 Å². The van der Waals surface area contributed by atoms with Crippen LogP contribution in [0.5, 0.6) is 0 Å². The normalized spacial score (nSPS) is 15.3. The molecule has 2 N–H and O–H groups in total. The second kappa shape index (κ2) is 12.5. The van der Waals surface area contributed by atoms with Crippen molar-refractivity contribution in [1.82, 2.24) is 14.5 Å². The Morgan fingerprint density at radius 3 is 2.36 bits per heavy atom. The van der Waals surface area contributed by atoms with Gasteiger partial charge < -0.3 is 15.0 Å². The van der Waals surface area contributed by atoms with Crippen molar-refractivity contribution < 1.29 is 5.11 Å². The number of fused-ring (bicyclic) bond motifs is 1. The Bertz CT molecular complexity index is 752. The van der Waals surface area contributed by atoms with Crippen molar-refractivity contribution in [1.29, 1.82) is 0 Å². The van der Waals surface area contributed by atoms with Crippen molar-refractivity contribution in [2.24, 2.45) is 0 Å². The highest BCUT2D eigenvalue weighted by Gasteiger charge is 2.09.